The molecule has 2 aromatic carbocycles. The Morgan fingerprint density at radius 3 is 2.49 bits per heavy atom. The standard InChI is InChI=1S/C25H24N4O6/c1-25(16-9-11-17(34-2)12-10-16)23(32)29(24(33)28-25)15-21(30)27-20-8-4-3-7-19(20)22(31)26-14-18-6-5-13-35-18/h3-13H,14-15H2,1-2H3,(H,26,31)(H,27,30)(H,28,33). The van der Waals surface area contributed by atoms with Crippen molar-refractivity contribution >= 4 is 29.4 Å². The second-order valence-corrected chi connectivity index (χ2v) is 8.03. The lowest BCUT2D eigenvalue weighted by Crippen LogP contribution is -2.42. The molecule has 4 rings (SSSR count). The normalized spacial score (nSPS) is 17.1. The number of imide groups is 1. The zero-order chi connectivity index (χ0) is 25.0. The summed E-state index contributed by atoms with van der Waals surface area (Å²) in [6.07, 6.45) is 1.51. The van der Waals surface area contributed by atoms with Gasteiger partial charge in [0.2, 0.25) is 5.91 Å². The molecule has 0 bridgehead atoms. The SMILES string of the molecule is COc1ccc(C2(C)NC(=O)N(CC(=O)Nc3ccccc3C(=O)NCc3ccco3)C2=O)cc1. The topological polar surface area (TPSA) is 130 Å². The van der Waals surface area contributed by atoms with Crippen LogP contribution in [-0.2, 0) is 21.7 Å². The number of rotatable bonds is 8. The molecule has 1 aliphatic rings. The number of urea groups is 1. The maximum absolute atomic E-state index is 13.1. The van der Waals surface area contributed by atoms with Gasteiger partial charge in [0.25, 0.3) is 11.8 Å². The summed E-state index contributed by atoms with van der Waals surface area (Å²) in [7, 11) is 1.53. The Morgan fingerprint density at radius 1 is 1.06 bits per heavy atom. The van der Waals surface area contributed by atoms with Crippen molar-refractivity contribution in [1.29, 1.82) is 0 Å². The monoisotopic (exact) mass is 476 g/mol. The smallest absolute Gasteiger partial charge is 0.325 e. The second kappa shape index (κ2) is 9.72. The predicted octanol–water partition coefficient (Wildman–Crippen LogP) is 2.62. The van der Waals surface area contributed by atoms with Crippen molar-refractivity contribution < 1.29 is 28.3 Å². The summed E-state index contributed by atoms with van der Waals surface area (Å²) in [6, 6.07) is 15.9. The summed E-state index contributed by atoms with van der Waals surface area (Å²) in [6.45, 7) is 1.24. The van der Waals surface area contributed by atoms with E-state index in [-0.39, 0.29) is 17.8 Å². The maximum Gasteiger partial charge on any atom is 0.325 e. The van der Waals surface area contributed by atoms with Gasteiger partial charge in [-0.3, -0.25) is 19.3 Å². The van der Waals surface area contributed by atoms with E-state index >= 15 is 0 Å². The number of hydrogen-bond acceptors (Lipinski definition) is 6. The van der Waals surface area contributed by atoms with Crippen LogP contribution >= 0.6 is 0 Å². The minimum absolute atomic E-state index is 0.181. The summed E-state index contributed by atoms with van der Waals surface area (Å²) in [4.78, 5) is 51.9. The van der Waals surface area contributed by atoms with Gasteiger partial charge in [-0.15, -0.1) is 0 Å². The van der Waals surface area contributed by atoms with Crippen molar-refractivity contribution in [1.82, 2.24) is 15.5 Å². The number of nitrogens with zero attached hydrogens (tertiary/aromatic N) is 1. The van der Waals surface area contributed by atoms with E-state index in [2.05, 4.69) is 16.0 Å². The third kappa shape index (κ3) is 4.86. The van der Waals surface area contributed by atoms with Gasteiger partial charge in [0, 0.05) is 0 Å². The summed E-state index contributed by atoms with van der Waals surface area (Å²) in [5.74, 6) is -0.416. The number of carbonyl (C=O) groups is 4. The molecular formula is C25H24N4O6. The van der Waals surface area contributed by atoms with Crippen LogP contribution in [0.4, 0.5) is 10.5 Å². The van der Waals surface area contributed by atoms with Crippen LogP contribution in [0.1, 0.15) is 28.6 Å². The van der Waals surface area contributed by atoms with Gasteiger partial charge in [0.15, 0.2) is 0 Å². The van der Waals surface area contributed by atoms with Crippen molar-refractivity contribution in [2.75, 3.05) is 19.0 Å². The number of nitrogens with one attached hydrogen (secondary N) is 3. The number of carbonyl (C=O) groups excluding carboxylic acids is 4. The molecule has 2 heterocycles. The molecular weight excluding hydrogens is 452 g/mol. The Bertz CT molecular complexity index is 1260. The van der Waals surface area contributed by atoms with Gasteiger partial charge in [0.1, 0.15) is 23.6 Å². The number of para-hydroxylation sites is 1. The first-order chi connectivity index (χ1) is 16.8. The largest absolute Gasteiger partial charge is 0.497 e. The van der Waals surface area contributed by atoms with Crippen LogP contribution < -0.4 is 20.7 Å². The lowest BCUT2D eigenvalue weighted by molar-refractivity contribution is -0.133. The average molecular weight is 476 g/mol. The fourth-order valence-corrected chi connectivity index (χ4v) is 3.76. The quantitative estimate of drug-likeness (QED) is 0.429. The van der Waals surface area contributed by atoms with E-state index < -0.39 is 35.8 Å². The van der Waals surface area contributed by atoms with Crippen molar-refractivity contribution in [3.05, 3.63) is 83.8 Å². The third-order valence-corrected chi connectivity index (χ3v) is 5.69. The highest BCUT2D eigenvalue weighted by molar-refractivity contribution is 6.11. The summed E-state index contributed by atoms with van der Waals surface area (Å²) < 4.78 is 10.3. The van der Waals surface area contributed by atoms with E-state index in [1.165, 1.54) is 13.4 Å². The highest BCUT2D eigenvalue weighted by Crippen LogP contribution is 2.30. The molecule has 3 N–H and O–H groups in total. The van der Waals surface area contributed by atoms with Crippen LogP contribution in [0.2, 0.25) is 0 Å². The van der Waals surface area contributed by atoms with E-state index in [0.717, 1.165) is 4.90 Å². The Balaban J connectivity index is 1.43. The molecule has 0 spiro atoms. The molecule has 1 fully saturated rings. The number of anilines is 1. The molecule has 0 aliphatic carbocycles. The van der Waals surface area contributed by atoms with Gasteiger partial charge >= 0.3 is 6.03 Å². The van der Waals surface area contributed by atoms with E-state index in [0.29, 0.717) is 17.1 Å². The predicted molar refractivity (Wildman–Crippen MR) is 126 cm³/mol. The van der Waals surface area contributed by atoms with Crippen LogP contribution in [0.25, 0.3) is 0 Å². The van der Waals surface area contributed by atoms with Gasteiger partial charge in [-0.1, -0.05) is 24.3 Å². The summed E-state index contributed by atoms with van der Waals surface area (Å²) >= 11 is 0. The van der Waals surface area contributed by atoms with E-state index in [4.69, 9.17) is 9.15 Å². The number of furan rings is 1. The van der Waals surface area contributed by atoms with Crippen LogP contribution in [0.5, 0.6) is 5.75 Å². The van der Waals surface area contributed by atoms with Crippen LogP contribution in [0, 0.1) is 0 Å². The number of hydrogen-bond donors (Lipinski definition) is 3. The first-order valence-electron chi connectivity index (χ1n) is 10.8. The molecule has 0 saturated carbocycles. The summed E-state index contributed by atoms with van der Waals surface area (Å²) in [5, 5.41) is 8.00. The lowest BCUT2D eigenvalue weighted by Gasteiger charge is -2.22. The minimum atomic E-state index is -1.33. The van der Waals surface area contributed by atoms with Gasteiger partial charge in [0.05, 0.1) is 31.2 Å². The second-order valence-electron chi connectivity index (χ2n) is 8.03. The minimum Gasteiger partial charge on any atom is -0.497 e. The molecule has 1 atom stereocenters. The maximum atomic E-state index is 13.1. The van der Waals surface area contributed by atoms with E-state index in [1.54, 1.807) is 67.6 Å². The molecule has 1 unspecified atom stereocenters. The van der Waals surface area contributed by atoms with Gasteiger partial charge in [-0.05, 0) is 48.9 Å². The van der Waals surface area contributed by atoms with Crippen LogP contribution in [-0.4, -0.2) is 42.3 Å². The van der Waals surface area contributed by atoms with Gasteiger partial charge in [-0.2, -0.15) is 0 Å². The molecule has 5 amide bonds. The summed E-state index contributed by atoms with van der Waals surface area (Å²) in [5.41, 5.74) is -0.293. The third-order valence-electron chi connectivity index (χ3n) is 5.69. The Kier molecular flexibility index (Phi) is 6.54. The zero-order valence-electron chi connectivity index (χ0n) is 19.2. The van der Waals surface area contributed by atoms with Crippen LogP contribution in [0.15, 0.2) is 71.3 Å². The van der Waals surface area contributed by atoms with Crippen LogP contribution in [0.3, 0.4) is 0 Å². The first kappa shape index (κ1) is 23.6. The zero-order valence-corrected chi connectivity index (χ0v) is 19.2. The van der Waals surface area contributed by atoms with Crippen molar-refractivity contribution in [3.63, 3.8) is 0 Å². The number of benzene rings is 2. The fourth-order valence-electron chi connectivity index (χ4n) is 3.76. The molecule has 10 nitrogen and oxygen atoms in total. The molecule has 1 aromatic heterocycles. The van der Waals surface area contributed by atoms with E-state index in [1.807, 2.05) is 0 Å². The lowest BCUT2D eigenvalue weighted by atomic mass is 9.92. The molecule has 0 radical (unpaired) electrons. The average Bonchev–Trinajstić information content (AvgIpc) is 3.46. The number of ether oxygens (including phenoxy) is 1. The molecule has 1 saturated heterocycles. The Labute approximate surface area is 201 Å². The molecule has 3 aromatic rings. The van der Waals surface area contributed by atoms with Crippen molar-refractivity contribution in [3.8, 4) is 5.75 Å². The molecule has 10 heteroatoms. The van der Waals surface area contributed by atoms with Crippen molar-refractivity contribution in [2.45, 2.75) is 19.0 Å². The van der Waals surface area contributed by atoms with E-state index in [9.17, 15) is 19.2 Å². The number of amides is 5. The first-order valence-corrected chi connectivity index (χ1v) is 10.8. The Hall–Kier alpha value is -4.60. The Morgan fingerprint density at radius 2 is 1.80 bits per heavy atom. The highest BCUT2D eigenvalue weighted by atomic mass is 16.5. The van der Waals surface area contributed by atoms with Gasteiger partial charge < -0.3 is 25.1 Å². The molecule has 35 heavy (non-hydrogen) atoms. The van der Waals surface area contributed by atoms with Gasteiger partial charge in [-0.25, -0.2) is 4.79 Å². The van der Waals surface area contributed by atoms with Crippen molar-refractivity contribution in [2.24, 2.45) is 0 Å². The fraction of sp³-hybridized carbons (Fsp3) is 0.200. The highest BCUT2D eigenvalue weighted by Gasteiger charge is 2.49. The molecule has 180 valence electrons. The molecule has 1 aliphatic heterocycles. The number of methoxy groups -OCH3 is 1.